The molecular formula is C15H28N2S. The van der Waals surface area contributed by atoms with Gasteiger partial charge in [0.1, 0.15) is 0 Å². The summed E-state index contributed by atoms with van der Waals surface area (Å²) in [6, 6.07) is 0.833. The van der Waals surface area contributed by atoms with Crippen molar-refractivity contribution in [3.8, 4) is 0 Å². The normalized spacial score (nSPS) is 33.2. The summed E-state index contributed by atoms with van der Waals surface area (Å²) in [7, 11) is 0. The van der Waals surface area contributed by atoms with E-state index in [1.807, 2.05) is 0 Å². The molecule has 0 aromatic heterocycles. The molecule has 1 aliphatic heterocycles. The molecule has 0 radical (unpaired) electrons. The van der Waals surface area contributed by atoms with Crippen molar-refractivity contribution in [2.75, 3.05) is 13.1 Å². The van der Waals surface area contributed by atoms with E-state index < -0.39 is 0 Å². The van der Waals surface area contributed by atoms with Gasteiger partial charge in [-0.3, -0.25) is 0 Å². The monoisotopic (exact) mass is 268 g/mol. The number of hydrogen-bond acceptors (Lipinski definition) is 2. The van der Waals surface area contributed by atoms with Crippen LogP contribution in [0.2, 0.25) is 0 Å². The molecule has 0 aromatic carbocycles. The number of piperidine rings is 1. The molecule has 0 bridgehead atoms. The Labute approximate surface area is 117 Å². The molecule has 3 heteroatoms. The molecule has 2 nitrogen and oxygen atoms in total. The molecule has 1 saturated heterocycles. The molecule has 1 saturated carbocycles. The van der Waals surface area contributed by atoms with E-state index in [4.69, 9.17) is 18.0 Å². The van der Waals surface area contributed by atoms with E-state index in [9.17, 15) is 0 Å². The molecule has 104 valence electrons. The molecule has 0 amide bonds. The number of thiocarbonyl (C=S) groups is 1. The Kier molecular flexibility index (Phi) is 4.65. The van der Waals surface area contributed by atoms with Crippen LogP contribution in [0.4, 0.5) is 0 Å². The first-order chi connectivity index (χ1) is 8.55. The summed E-state index contributed by atoms with van der Waals surface area (Å²) in [4.78, 5) is 3.43. The third-order valence-electron chi connectivity index (χ3n) is 5.35. The SMILES string of the molecule is CCC1CCCC(N2CCC(C)(C(N)=S)CC2)C1. The fourth-order valence-corrected chi connectivity index (χ4v) is 3.80. The zero-order chi connectivity index (χ0) is 13.2. The van der Waals surface area contributed by atoms with Crippen LogP contribution in [0.5, 0.6) is 0 Å². The van der Waals surface area contributed by atoms with E-state index in [1.165, 1.54) is 45.2 Å². The van der Waals surface area contributed by atoms with Gasteiger partial charge in [0.2, 0.25) is 0 Å². The summed E-state index contributed by atoms with van der Waals surface area (Å²) in [5, 5.41) is 0. The maximum absolute atomic E-state index is 5.88. The van der Waals surface area contributed by atoms with Gasteiger partial charge in [0, 0.05) is 11.5 Å². The van der Waals surface area contributed by atoms with Crippen LogP contribution in [0.25, 0.3) is 0 Å². The molecule has 0 spiro atoms. The van der Waals surface area contributed by atoms with Crippen LogP contribution in [0.3, 0.4) is 0 Å². The Balaban J connectivity index is 1.87. The van der Waals surface area contributed by atoms with Crippen LogP contribution < -0.4 is 5.73 Å². The van der Waals surface area contributed by atoms with Gasteiger partial charge in [-0.15, -0.1) is 0 Å². The van der Waals surface area contributed by atoms with Gasteiger partial charge in [0.25, 0.3) is 0 Å². The lowest BCUT2D eigenvalue weighted by Gasteiger charge is -2.44. The fraction of sp³-hybridized carbons (Fsp3) is 0.933. The van der Waals surface area contributed by atoms with Gasteiger partial charge < -0.3 is 10.6 Å². The minimum absolute atomic E-state index is 0.116. The molecule has 18 heavy (non-hydrogen) atoms. The van der Waals surface area contributed by atoms with Gasteiger partial charge in [-0.05, 0) is 44.7 Å². The van der Waals surface area contributed by atoms with Crippen molar-refractivity contribution >= 4 is 17.2 Å². The van der Waals surface area contributed by atoms with Gasteiger partial charge in [-0.2, -0.15) is 0 Å². The van der Waals surface area contributed by atoms with Gasteiger partial charge in [-0.25, -0.2) is 0 Å². The highest BCUT2D eigenvalue weighted by Gasteiger charge is 2.35. The van der Waals surface area contributed by atoms with Crippen LogP contribution in [0, 0.1) is 11.3 Å². The van der Waals surface area contributed by atoms with E-state index >= 15 is 0 Å². The Morgan fingerprint density at radius 2 is 2.00 bits per heavy atom. The molecule has 1 aliphatic carbocycles. The van der Waals surface area contributed by atoms with Crippen molar-refractivity contribution in [3.05, 3.63) is 0 Å². The highest BCUT2D eigenvalue weighted by atomic mass is 32.1. The predicted molar refractivity (Wildman–Crippen MR) is 81.7 cm³/mol. The quantitative estimate of drug-likeness (QED) is 0.796. The molecule has 2 aliphatic rings. The Hall–Kier alpha value is -0.150. The van der Waals surface area contributed by atoms with E-state index in [0.29, 0.717) is 0 Å². The second-order valence-electron chi connectivity index (χ2n) is 6.56. The molecule has 2 rings (SSSR count). The lowest BCUT2D eigenvalue weighted by Crippen LogP contribution is -2.49. The molecule has 2 atom stereocenters. The maximum Gasteiger partial charge on any atom is 0.0788 e. The number of hydrogen-bond donors (Lipinski definition) is 1. The van der Waals surface area contributed by atoms with E-state index in [0.717, 1.165) is 29.8 Å². The molecule has 2 unspecified atom stereocenters. The molecule has 0 aromatic rings. The van der Waals surface area contributed by atoms with Crippen molar-refractivity contribution in [1.29, 1.82) is 0 Å². The van der Waals surface area contributed by atoms with Crippen LogP contribution in [0.1, 0.15) is 58.8 Å². The van der Waals surface area contributed by atoms with Crippen molar-refractivity contribution in [1.82, 2.24) is 4.90 Å². The first-order valence-electron chi connectivity index (χ1n) is 7.59. The molecule has 2 N–H and O–H groups in total. The van der Waals surface area contributed by atoms with Gasteiger partial charge in [0.05, 0.1) is 4.99 Å². The summed E-state index contributed by atoms with van der Waals surface area (Å²) in [6.45, 7) is 6.96. The first-order valence-corrected chi connectivity index (χ1v) is 8.00. The molecule has 1 heterocycles. The summed E-state index contributed by atoms with van der Waals surface area (Å²) in [6.07, 6.45) is 9.35. The van der Waals surface area contributed by atoms with Gasteiger partial charge in [0.15, 0.2) is 0 Å². The summed E-state index contributed by atoms with van der Waals surface area (Å²) < 4.78 is 0. The van der Waals surface area contributed by atoms with E-state index in [-0.39, 0.29) is 5.41 Å². The minimum Gasteiger partial charge on any atom is -0.393 e. The number of rotatable bonds is 3. The fourth-order valence-electron chi connectivity index (χ4n) is 3.59. The highest BCUT2D eigenvalue weighted by molar-refractivity contribution is 7.80. The van der Waals surface area contributed by atoms with Crippen molar-refractivity contribution in [2.24, 2.45) is 17.1 Å². The maximum atomic E-state index is 5.88. The summed E-state index contributed by atoms with van der Waals surface area (Å²) in [5.74, 6) is 0.965. The zero-order valence-corrected chi connectivity index (χ0v) is 12.8. The average molecular weight is 268 g/mol. The lowest BCUT2D eigenvalue weighted by atomic mass is 9.78. The van der Waals surface area contributed by atoms with Crippen LogP contribution in [-0.4, -0.2) is 29.0 Å². The Bertz CT molecular complexity index is 295. The van der Waals surface area contributed by atoms with Crippen molar-refractivity contribution in [2.45, 2.75) is 64.8 Å². The lowest BCUT2D eigenvalue weighted by molar-refractivity contribution is 0.0791. The third kappa shape index (κ3) is 3.05. The second-order valence-corrected chi connectivity index (χ2v) is 7.00. The summed E-state index contributed by atoms with van der Waals surface area (Å²) >= 11 is 5.22. The van der Waals surface area contributed by atoms with Crippen LogP contribution in [-0.2, 0) is 0 Å². The largest absolute Gasteiger partial charge is 0.393 e. The van der Waals surface area contributed by atoms with E-state index in [2.05, 4.69) is 18.7 Å². The standard InChI is InChI=1S/C15H28N2S/c1-3-12-5-4-6-13(11-12)17-9-7-15(2,8-10-17)14(16)18/h12-13H,3-11H2,1-2H3,(H2,16,18). The predicted octanol–water partition coefficient (Wildman–Crippen LogP) is 3.34. The van der Waals surface area contributed by atoms with Gasteiger partial charge in [-0.1, -0.05) is 45.3 Å². The minimum atomic E-state index is 0.116. The number of likely N-dealkylation sites (tertiary alicyclic amines) is 1. The number of nitrogens with two attached hydrogens (primary N) is 1. The topological polar surface area (TPSA) is 29.3 Å². The van der Waals surface area contributed by atoms with Crippen LogP contribution in [0.15, 0.2) is 0 Å². The molecule has 2 fully saturated rings. The highest BCUT2D eigenvalue weighted by Crippen LogP contribution is 2.36. The Morgan fingerprint density at radius 3 is 2.56 bits per heavy atom. The molecular weight excluding hydrogens is 240 g/mol. The summed E-state index contributed by atoms with van der Waals surface area (Å²) in [5.41, 5.74) is 6.00. The third-order valence-corrected chi connectivity index (χ3v) is 5.84. The van der Waals surface area contributed by atoms with Crippen molar-refractivity contribution in [3.63, 3.8) is 0 Å². The van der Waals surface area contributed by atoms with Crippen molar-refractivity contribution < 1.29 is 0 Å². The zero-order valence-electron chi connectivity index (χ0n) is 12.0. The average Bonchev–Trinajstić information content (AvgIpc) is 2.39. The Morgan fingerprint density at radius 1 is 1.33 bits per heavy atom. The second kappa shape index (κ2) is 5.87. The van der Waals surface area contributed by atoms with E-state index in [1.54, 1.807) is 0 Å². The first kappa shape index (κ1) is 14.3. The smallest absolute Gasteiger partial charge is 0.0788 e. The van der Waals surface area contributed by atoms with Gasteiger partial charge >= 0.3 is 0 Å². The van der Waals surface area contributed by atoms with Crippen LogP contribution >= 0.6 is 12.2 Å². The number of nitrogens with zero attached hydrogens (tertiary/aromatic N) is 1.